The fourth-order valence-corrected chi connectivity index (χ4v) is 5.03. The number of likely N-dealkylation sites (N-methyl/N-ethyl adjacent to an activating group) is 2. The van der Waals surface area contributed by atoms with Crippen molar-refractivity contribution >= 4 is 29.1 Å². The lowest BCUT2D eigenvalue weighted by atomic mass is 9.88. The first-order valence-electron chi connectivity index (χ1n) is 12.5. The minimum Gasteiger partial charge on any atom is -0.489 e. The number of amides is 1. The van der Waals surface area contributed by atoms with E-state index in [9.17, 15) is 4.79 Å². The van der Waals surface area contributed by atoms with Crippen LogP contribution in [0.25, 0.3) is 0 Å². The van der Waals surface area contributed by atoms with Crippen molar-refractivity contribution in [2.24, 2.45) is 0 Å². The van der Waals surface area contributed by atoms with Gasteiger partial charge in [0.2, 0.25) is 5.91 Å². The summed E-state index contributed by atoms with van der Waals surface area (Å²) in [5.74, 6) is 1.41. The van der Waals surface area contributed by atoms with Gasteiger partial charge in [0.15, 0.2) is 0 Å². The van der Waals surface area contributed by atoms with Gasteiger partial charge in [-0.2, -0.15) is 0 Å². The molecule has 1 aliphatic rings. The van der Waals surface area contributed by atoms with Gasteiger partial charge in [0, 0.05) is 29.7 Å². The van der Waals surface area contributed by atoms with Crippen LogP contribution in [-0.4, -0.2) is 80.6 Å². The Kier molecular flexibility index (Phi) is 10.3. The van der Waals surface area contributed by atoms with Gasteiger partial charge in [-0.1, -0.05) is 48.3 Å². The van der Waals surface area contributed by atoms with Crippen LogP contribution in [0, 0.1) is 0 Å². The molecule has 2 atom stereocenters. The van der Waals surface area contributed by atoms with E-state index in [1.165, 1.54) is 5.56 Å². The summed E-state index contributed by atoms with van der Waals surface area (Å²) in [5.41, 5.74) is 2.31. The third-order valence-corrected chi connectivity index (χ3v) is 7.28. The van der Waals surface area contributed by atoms with Gasteiger partial charge in [0.1, 0.15) is 11.9 Å². The molecule has 0 bridgehead atoms. The van der Waals surface area contributed by atoms with Crippen molar-refractivity contribution in [3.63, 3.8) is 0 Å². The number of rotatable bonds is 10. The molecule has 7 heteroatoms. The van der Waals surface area contributed by atoms with E-state index < -0.39 is 0 Å². The van der Waals surface area contributed by atoms with Crippen molar-refractivity contribution in [2.45, 2.75) is 50.7 Å². The van der Waals surface area contributed by atoms with Gasteiger partial charge < -0.3 is 14.5 Å². The number of carbonyl (C=O) groups is 1. The highest BCUT2D eigenvalue weighted by Gasteiger charge is 2.31. The molecule has 1 fully saturated rings. The van der Waals surface area contributed by atoms with Crippen LogP contribution < -0.4 is 4.74 Å². The summed E-state index contributed by atoms with van der Waals surface area (Å²) < 4.78 is 6.44. The average Bonchev–Trinajstić information content (AvgIpc) is 2.82. The van der Waals surface area contributed by atoms with E-state index in [4.69, 9.17) is 27.9 Å². The molecule has 0 aromatic heterocycles. The Morgan fingerprint density at radius 1 is 1.03 bits per heavy atom. The molecule has 192 valence electrons. The summed E-state index contributed by atoms with van der Waals surface area (Å²) in [6, 6.07) is 13.6. The standard InChI is InChI=1S/C28H39Cl2N3O2/c1-6-24(19-31(2)3)35-27-18-23(30)11-12-25(27)21-13-15-33(16-14-21)28(34)26(32(4)5)17-20-7-9-22(29)10-8-20/h7-12,18,21,24,26H,6,13-17,19H2,1-5H3/t24-,26-/m1/s1. The first-order chi connectivity index (χ1) is 16.7. The Morgan fingerprint density at radius 2 is 1.66 bits per heavy atom. The van der Waals surface area contributed by atoms with Crippen molar-refractivity contribution in [1.82, 2.24) is 14.7 Å². The lowest BCUT2D eigenvalue weighted by molar-refractivity contribution is -0.137. The van der Waals surface area contributed by atoms with Crippen LogP contribution in [0.3, 0.4) is 0 Å². The Balaban J connectivity index is 1.67. The third kappa shape index (κ3) is 7.85. The zero-order valence-corrected chi connectivity index (χ0v) is 23.1. The van der Waals surface area contributed by atoms with Crippen LogP contribution >= 0.6 is 23.2 Å². The smallest absolute Gasteiger partial charge is 0.240 e. The molecule has 2 aromatic rings. The molecule has 0 unspecified atom stereocenters. The maximum absolute atomic E-state index is 13.5. The molecule has 0 radical (unpaired) electrons. The van der Waals surface area contributed by atoms with E-state index in [0.29, 0.717) is 22.4 Å². The molecule has 0 aliphatic carbocycles. The number of carbonyl (C=O) groups excluding carboxylic acids is 1. The predicted octanol–water partition coefficient (Wildman–Crippen LogP) is 5.59. The summed E-state index contributed by atoms with van der Waals surface area (Å²) in [4.78, 5) is 19.7. The van der Waals surface area contributed by atoms with Crippen molar-refractivity contribution in [1.29, 1.82) is 0 Å². The van der Waals surface area contributed by atoms with Gasteiger partial charge in [-0.05, 0) is 95.2 Å². The van der Waals surface area contributed by atoms with Crippen LogP contribution in [0.15, 0.2) is 42.5 Å². The first-order valence-corrected chi connectivity index (χ1v) is 13.2. The zero-order valence-electron chi connectivity index (χ0n) is 21.6. The highest BCUT2D eigenvalue weighted by Crippen LogP contribution is 2.37. The highest BCUT2D eigenvalue weighted by atomic mass is 35.5. The number of benzene rings is 2. The molecule has 1 amide bonds. The van der Waals surface area contributed by atoms with Gasteiger partial charge >= 0.3 is 0 Å². The van der Waals surface area contributed by atoms with Crippen LogP contribution in [0.5, 0.6) is 5.75 Å². The van der Waals surface area contributed by atoms with E-state index in [1.54, 1.807) is 0 Å². The van der Waals surface area contributed by atoms with Crippen molar-refractivity contribution in [3.05, 3.63) is 63.6 Å². The van der Waals surface area contributed by atoms with Crippen molar-refractivity contribution in [3.8, 4) is 5.75 Å². The van der Waals surface area contributed by atoms with Crippen LogP contribution in [0.2, 0.25) is 10.0 Å². The number of hydrogen-bond donors (Lipinski definition) is 0. The molecule has 0 saturated carbocycles. The van der Waals surface area contributed by atoms with Crippen LogP contribution in [0.4, 0.5) is 0 Å². The summed E-state index contributed by atoms with van der Waals surface area (Å²) in [5, 5.41) is 1.40. The zero-order chi connectivity index (χ0) is 25.5. The van der Waals surface area contributed by atoms with E-state index in [1.807, 2.05) is 60.3 Å². The molecule has 3 rings (SSSR count). The molecule has 0 N–H and O–H groups in total. The highest BCUT2D eigenvalue weighted by molar-refractivity contribution is 6.30. The Hall–Kier alpha value is -1.79. The van der Waals surface area contributed by atoms with Crippen LogP contribution in [0.1, 0.15) is 43.2 Å². The summed E-state index contributed by atoms with van der Waals surface area (Å²) >= 11 is 12.4. The molecule has 1 aliphatic heterocycles. The summed E-state index contributed by atoms with van der Waals surface area (Å²) in [6.07, 6.45) is 3.53. The maximum Gasteiger partial charge on any atom is 0.240 e. The van der Waals surface area contributed by atoms with Gasteiger partial charge in [-0.25, -0.2) is 0 Å². The fraction of sp³-hybridized carbons (Fsp3) is 0.536. The molecule has 1 saturated heterocycles. The van der Waals surface area contributed by atoms with Crippen molar-refractivity contribution < 1.29 is 9.53 Å². The largest absolute Gasteiger partial charge is 0.489 e. The van der Waals surface area contributed by atoms with Gasteiger partial charge in [0.25, 0.3) is 0 Å². The minimum atomic E-state index is -0.196. The molecule has 2 aromatic carbocycles. The van der Waals surface area contributed by atoms with Crippen LogP contribution in [-0.2, 0) is 11.2 Å². The average molecular weight is 521 g/mol. The molecular weight excluding hydrogens is 481 g/mol. The number of nitrogens with zero attached hydrogens (tertiary/aromatic N) is 3. The van der Waals surface area contributed by atoms with E-state index in [0.717, 1.165) is 50.2 Å². The Labute approximate surface area is 220 Å². The topological polar surface area (TPSA) is 36.0 Å². The molecule has 35 heavy (non-hydrogen) atoms. The predicted molar refractivity (Wildman–Crippen MR) is 146 cm³/mol. The summed E-state index contributed by atoms with van der Waals surface area (Å²) in [7, 11) is 8.07. The third-order valence-electron chi connectivity index (χ3n) is 6.79. The van der Waals surface area contributed by atoms with Gasteiger partial charge in [0.05, 0.1) is 6.04 Å². The van der Waals surface area contributed by atoms with E-state index in [-0.39, 0.29) is 18.1 Å². The van der Waals surface area contributed by atoms with Gasteiger partial charge in [-0.3, -0.25) is 9.69 Å². The number of hydrogen-bond acceptors (Lipinski definition) is 4. The van der Waals surface area contributed by atoms with Crippen molar-refractivity contribution in [2.75, 3.05) is 47.8 Å². The minimum absolute atomic E-state index is 0.109. The number of ether oxygens (including phenoxy) is 1. The maximum atomic E-state index is 13.5. The molecule has 5 nitrogen and oxygen atoms in total. The fourth-order valence-electron chi connectivity index (χ4n) is 4.74. The second-order valence-electron chi connectivity index (χ2n) is 10.0. The summed E-state index contributed by atoms with van der Waals surface area (Å²) in [6.45, 7) is 4.49. The monoisotopic (exact) mass is 519 g/mol. The lowest BCUT2D eigenvalue weighted by Gasteiger charge is -2.36. The van der Waals surface area contributed by atoms with Gasteiger partial charge in [-0.15, -0.1) is 0 Å². The Bertz CT molecular complexity index is 957. The Morgan fingerprint density at radius 3 is 2.23 bits per heavy atom. The lowest BCUT2D eigenvalue weighted by Crippen LogP contribution is -2.49. The second kappa shape index (κ2) is 13.0. The molecular formula is C28H39Cl2N3O2. The molecule has 1 heterocycles. The number of likely N-dealkylation sites (tertiary alicyclic amines) is 1. The van der Waals surface area contributed by atoms with E-state index >= 15 is 0 Å². The number of piperidine rings is 1. The quantitative estimate of drug-likeness (QED) is 0.409. The SMILES string of the molecule is CC[C@H](CN(C)C)Oc1cc(Cl)ccc1C1CCN(C(=O)[C@@H](Cc2ccc(Cl)cc2)N(C)C)CC1. The number of halogens is 2. The second-order valence-corrected chi connectivity index (χ2v) is 10.9. The van der Waals surface area contributed by atoms with E-state index in [2.05, 4.69) is 32.0 Å². The molecule has 0 spiro atoms. The first kappa shape index (κ1) is 27.8. The normalized spacial score (nSPS) is 16.5.